The zero-order valence-corrected chi connectivity index (χ0v) is 10.7. The first kappa shape index (κ1) is 13.9. The number of aliphatic hydroxyl groups is 1. The number of halogens is 2. The van der Waals surface area contributed by atoms with Gasteiger partial charge in [0, 0.05) is 12.3 Å². The van der Waals surface area contributed by atoms with Crippen LogP contribution in [0.15, 0.2) is 17.4 Å². The average molecular weight is 290 g/mol. The van der Waals surface area contributed by atoms with E-state index in [1.54, 1.807) is 4.57 Å². The Kier molecular flexibility index (Phi) is 4.15. The van der Waals surface area contributed by atoms with E-state index in [-0.39, 0.29) is 16.8 Å². The number of aromatic amines is 1. The maximum absolute atomic E-state index is 12.8. The molecule has 0 atom stereocenters. The molecule has 2 N–H and O–H groups in total. The van der Waals surface area contributed by atoms with Gasteiger partial charge in [-0.3, -0.25) is 4.79 Å². The minimum atomic E-state index is -3.10. The molecule has 2 heterocycles. The third kappa shape index (κ3) is 3.29. The largest absolute Gasteiger partial charge is 0.389 e. The van der Waals surface area contributed by atoms with E-state index >= 15 is 0 Å². The molecule has 104 valence electrons. The van der Waals surface area contributed by atoms with Crippen LogP contribution in [0.1, 0.15) is 6.42 Å². The van der Waals surface area contributed by atoms with E-state index in [0.29, 0.717) is 30.4 Å². The third-order valence-electron chi connectivity index (χ3n) is 2.45. The third-order valence-corrected chi connectivity index (χ3v) is 3.49. The summed E-state index contributed by atoms with van der Waals surface area (Å²) in [4.78, 5) is 21.7. The molecule has 0 aliphatic heterocycles. The number of aromatic nitrogens is 4. The predicted octanol–water partition coefficient (Wildman–Crippen LogP) is 0.828. The van der Waals surface area contributed by atoms with Crippen LogP contribution in [-0.4, -0.2) is 42.2 Å². The van der Waals surface area contributed by atoms with Crippen LogP contribution in [0.25, 0.3) is 11.2 Å². The molecule has 9 heteroatoms. The lowest BCUT2D eigenvalue weighted by Gasteiger charge is -2.12. The fraction of sp³-hybridized carbons (Fsp3) is 0.500. The van der Waals surface area contributed by atoms with Crippen molar-refractivity contribution < 1.29 is 13.9 Å². The first-order chi connectivity index (χ1) is 9.03. The van der Waals surface area contributed by atoms with E-state index in [4.69, 9.17) is 5.11 Å². The molecular weight excluding hydrogens is 278 g/mol. The Morgan fingerprint density at radius 1 is 1.47 bits per heavy atom. The molecule has 0 radical (unpaired) electrons. The zero-order valence-electron chi connectivity index (χ0n) is 9.84. The van der Waals surface area contributed by atoms with Crippen molar-refractivity contribution in [3.05, 3.63) is 23.0 Å². The van der Waals surface area contributed by atoms with Crippen LogP contribution in [0.5, 0.6) is 0 Å². The molecule has 0 aliphatic rings. The Morgan fingerprint density at radius 3 is 3.00 bits per heavy atom. The minimum Gasteiger partial charge on any atom is -0.389 e. The number of aryl methyl sites for hydroxylation is 1. The second kappa shape index (κ2) is 5.66. The highest BCUT2D eigenvalue weighted by Gasteiger charge is 2.27. The highest BCUT2D eigenvalue weighted by molar-refractivity contribution is 8.00. The number of thioether (sulfide) groups is 1. The van der Waals surface area contributed by atoms with Crippen LogP contribution < -0.4 is 5.56 Å². The molecule has 0 bridgehead atoms. The maximum Gasteiger partial charge on any atom is 0.316 e. The van der Waals surface area contributed by atoms with E-state index in [0.717, 1.165) is 0 Å². The first-order valence-electron chi connectivity index (χ1n) is 5.54. The van der Waals surface area contributed by atoms with Crippen LogP contribution >= 0.6 is 11.8 Å². The van der Waals surface area contributed by atoms with E-state index in [9.17, 15) is 13.6 Å². The molecule has 2 aromatic rings. The summed E-state index contributed by atoms with van der Waals surface area (Å²) in [5, 5.41) is 5.31. The van der Waals surface area contributed by atoms with Gasteiger partial charge in [-0.15, -0.1) is 0 Å². The van der Waals surface area contributed by atoms with Crippen molar-refractivity contribution in [3.8, 4) is 0 Å². The highest BCUT2D eigenvalue weighted by Crippen LogP contribution is 2.28. The minimum absolute atomic E-state index is 0.191. The van der Waals surface area contributed by atoms with Gasteiger partial charge in [-0.1, -0.05) is 11.8 Å². The number of hydrogen-bond donors (Lipinski definition) is 2. The van der Waals surface area contributed by atoms with Crippen molar-refractivity contribution in [2.45, 2.75) is 18.2 Å². The average Bonchev–Trinajstić information content (AvgIpc) is 2.80. The molecule has 0 unspecified atom stereocenters. The summed E-state index contributed by atoms with van der Waals surface area (Å²) >= 11 is 0.404. The molecule has 0 saturated carbocycles. The van der Waals surface area contributed by atoms with Crippen molar-refractivity contribution in [2.24, 2.45) is 0 Å². The summed E-state index contributed by atoms with van der Waals surface area (Å²) in [6, 6.07) is 0. The maximum atomic E-state index is 12.8. The Labute approximate surface area is 110 Å². The standard InChI is InChI=1S/C10H12F2N4O2S/c11-10(12,4-17)19-3-1-2-16-6-15-7-8(16)13-5-14-9(7)18/h5-6,17H,1-4H2,(H,13,14,18). The summed E-state index contributed by atoms with van der Waals surface area (Å²) in [6.45, 7) is -0.732. The fourth-order valence-corrected chi connectivity index (χ4v) is 2.22. The fourth-order valence-electron chi connectivity index (χ4n) is 1.56. The van der Waals surface area contributed by atoms with Crippen molar-refractivity contribution >= 4 is 22.9 Å². The van der Waals surface area contributed by atoms with Gasteiger partial charge in [0.2, 0.25) is 0 Å². The number of imidazole rings is 1. The van der Waals surface area contributed by atoms with Gasteiger partial charge in [-0.25, -0.2) is 9.97 Å². The topological polar surface area (TPSA) is 83.8 Å². The molecule has 0 aliphatic carbocycles. The Balaban J connectivity index is 1.96. The number of hydrogen-bond acceptors (Lipinski definition) is 5. The molecule has 2 rings (SSSR count). The van der Waals surface area contributed by atoms with Crippen molar-refractivity contribution in [1.29, 1.82) is 0 Å². The molecule has 0 spiro atoms. The van der Waals surface area contributed by atoms with Gasteiger partial charge in [0.05, 0.1) is 12.7 Å². The van der Waals surface area contributed by atoms with Gasteiger partial charge in [0.15, 0.2) is 11.2 Å². The molecule has 0 fully saturated rings. The summed E-state index contributed by atoms with van der Waals surface area (Å²) in [7, 11) is 0. The summed E-state index contributed by atoms with van der Waals surface area (Å²) in [6.07, 6.45) is 3.19. The van der Waals surface area contributed by atoms with Gasteiger partial charge in [0.25, 0.3) is 5.56 Å². The number of H-pyrrole nitrogens is 1. The molecule has 0 aromatic carbocycles. The van der Waals surface area contributed by atoms with Crippen molar-refractivity contribution in [1.82, 2.24) is 19.5 Å². The first-order valence-corrected chi connectivity index (χ1v) is 6.53. The lowest BCUT2D eigenvalue weighted by Crippen LogP contribution is -2.17. The van der Waals surface area contributed by atoms with Crippen LogP contribution in [0, 0.1) is 0 Å². The second-order valence-corrected chi connectivity index (χ2v) is 5.13. The molecule has 0 amide bonds. The number of rotatable bonds is 6. The summed E-state index contributed by atoms with van der Waals surface area (Å²) < 4.78 is 27.2. The van der Waals surface area contributed by atoms with E-state index < -0.39 is 11.9 Å². The Morgan fingerprint density at radius 2 is 2.26 bits per heavy atom. The lowest BCUT2D eigenvalue weighted by molar-refractivity contribution is 0.0362. The molecule has 0 saturated heterocycles. The van der Waals surface area contributed by atoms with Crippen molar-refractivity contribution in [2.75, 3.05) is 12.4 Å². The Bertz CT molecular complexity index is 613. The number of fused-ring (bicyclic) bond motifs is 1. The van der Waals surface area contributed by atoms with Crippen LogP contribution in [0.2, 0.25) is 0 Å². The smallest absolute Gasteiger partial charge is 0.316 e. The van der Waals surface area contributed by atoms with Gasteiger partial charge in [0.1, 0.15) is 6.61 Å². The predicted molar refractivity (Wildman–Crippen MR) is 67.3 cm³/mol. The molecule has 19 heavy (non-hydrogen) atoms. The van der Waals surface area contributed by atoms with Gasteiger partial charge >= 0.3 is 5.25 Å². The Hall–Kier alpha value is -1.48. The highest BCUT2D eigenvalue weighted by atomic mass is 32.2. The molecular formula is C10H12F2N4O2S. The number of aliphatic hydroxyl groups excluding tert-OH is 1. The van der Waals surface area contributed by atoms with Gasteiger partial charge in [-0.05, 0) is 6.42 Å². The van der Waals surface area contributed by atoms with Crippen LogP contribution in [-0.2, 0) is 6.54 Å². The molecule has 6 nitrogen and oxygen atoms in total. The monoisotopic (exact) mass is 290 g/mol. The number of alkyl halides is 2. The van der Waals surface area contributed by atoms with E-state index in [1.807, 2.05) is 0 Å². The SMILES string of the molecule is O=c1[nH]cnc2c1ncn2CCCSC(F)(F)CO. The van der Waals surface area contributed by atoms with Crippen molar-refractivity contribution in [3.63, 3.8) is 0 Å². The number of nitrogens with one attached hydrogen (secondary N) is 1. The van der Waals surface area contributed by atoms with Gasteiger partial charge in [-0.2, -0.15) is 8.78 Å². The van der Waals surface area contributed by atoms with E-state index in [2.05, 4.69) is 15.0 Å². The van der Waals surface area contributed by atoms with Crippen LogP contribution in [0.4, 0.5) is 8.78 Å². The second-order valence-electron chi connectivity index (χ2n) is 3.84. The quantitative estimate of drug-likeness (QED) is 0.770. The summed E-state index contributed by atoms with van der Waals surface area (Å²) in [5.41, 5.74) is 0.337. The summed E-state index contributed by atoms with van der Waals surface area (Å²) in [5.74, 6) is 0.191. The lowest BCUT2D eigenvalue weighted by atomic mass is 10.4. The number of nitrogens with zero attached hydrogens (tertiary/aromatic N) is 3. The van der Waals surface area contributed by atoms with E-state index in [1.165, 1.54) is 12.7 Å². The molecule has 2 aromatic heterocycles. The van der Waals surface area contributed by atoms with Gasteiger partial charge < -0.3 is 14.7 Å². The zero-order chi connectivity index (χ0) is 13.9. The normalized spacial score (nSPS) is 12.2. The van der Waals surface area contributed by atoms with Crippen LogP contribution in [0.3, 0.4) is 0 Å².